The summed E-state index contributed by atoms with van der Waals surface area (Å²) in [7, 11) is -0.431. The van der Waals surface area contributed by atoms with E-state index in [2.05, 4.69) is 76.3 Å². The van der Waals surface area contributed by atoms with Crippen molar-refractivity contribution in [2.45, 2.75) is 212 Å². The fraction of sp³-hybridized carbons (Fsp3) is 0.702. The molecule has 2 aliphatic carbocycles. The average Bonchev–Trinajstić information content (AvgIpc) is 3.55. The van der Waals surface area contributed by atoms with Crippen LogP contribution in [0.4, 0.5) is 0 Å². The molecule has 2 aliphatic rings. The predicted octanol–water partition coefficient (Wildman–Crippen LogP) is 15.9. The van der Waals surface area contributed by atoms with E-state index < -0.39 is 8.80 Å². The number of benzene rings is 2. The molecule has 0 N–H and O–H groups in total. The van der Waals surface area contributed by atoms with Crippen molar-refractivity contribution in [3.05, 3.63) is 64.2 Å². The quantitative estimate of drug-likeness (QED) is 0.0657. The minimum Gasteiger partial charge on any atom is -0.0705 e. The fourth-order valence-corrected chi connectivity index (χ4v) is 11.3. The van der Waals surface area contributed by atoms with E-state index in [0.29, 0.717) is 5.54 Å². The Morgan fingerprint density at radius 1 is 0.521 bits per heavy atom. The molecule has 0 heterocycles. The van der Waals surface area contributed by atoms with Gasteiger partial charge in [-0.2, -0.15) is 0 Å². The van der Waals surface area contributed by atoms with Gasteiger partial charge >= 0.3 is 0 Å². The molecule has 0 fully saturated rings. The lowest BCUT2D eigenvalue weighted by atomic mass is 9.70. The van der Waals surface area contributed by atoms with Crippen molar-refractivity contribution in [1.82, 2.24) is 0 Å². The first kappa shape index (κ1) is 39.2. The van der Waals surface area contributed by atoms with Gasteiger partial charge < -0.3 is 0 Å². The SMILES string of the molecule is CCCCCCCCCCCCCCC1(CCCCCCCCCCCCCC)c2ccccc2-c2cc3c(cc21)C=C(C)C3[Si](C)C. The minimum atomic E-state index is -0.431. The second-order valence-electron chi connectivity index (χ2n) is 16.3. The van der Waals surface area contributed by atoms with Crippen LogP contribution in [0.15, 0.2) is 42.0 Å². The van der Waals surface area contributed by atoms with E-state index in [0.717, 1.165) is 0 Å². The highest BCUT2D eigenvalue weighted by Crippen LogP contribution is 2.56. The molecule has 4 rings (SSSR count). The average molecular weight is 668 g/mol. The topological polar surface area (TPSA) is 0 Å². The molecule has 0 amide bonds. The summed E-state index contributed by atoms with van der Waals surface area (Å²) in [4.78, 5) is 0. The van der Waals surface area contributed by atoms with Crippen molar-refractivity contribution in [3.8, 4) is 11.1 Å². The standard InChI is InChI=1S/C47H75Si/c1-6-8-10-12-14-16-18-20-22-24-26-30-34-47(35-31-27-25-23-21-19-17-15-13-11-9-7-2)44-33-29-28-32-41(44)43-38-42-40(37-45(43)47)36-39(3)46(42)48(4)5/h28-29,32-33,36-38,46H,6-27,30-31,34-35H2,1-5H3. The molecular formula is C47H75Si. The van der Waals surface area contributed by atoms with E-state index in [9.17, 15) is 0 Å². The molecule has 0 nitrogen and oxygen atoms in total. The maximum absolute atomic E-state index is 2.69. The third kappa shape index (κ3) is 10.9. The van der Waals surface area contributed by atoms with Gasteiger partial charge in [0.15, 0.2) is 0 Å². The summed E-state index contributed by atoms with van der Waals surface area (Å²) < 4.78 is 0. The van der Waals surface area contributed by atoms with Gasteiger partial charge in [0.05, 0.1) is 8.80 Å². The molecule has 1 radical (unpaired) electrons. The number of fused-ring (bicyclic) bond motifs is 4. The summed E-state index contributed by atoms with van der Waals surface area (Å²) in [5.74, 6) is 0. The van der Waals surface area contributed by atoms with Crippen LogP contribution in [0, 0.1) is 0 Å². The van der Waals surface area contributed by atoms with E-state index in [1.807, 2.05) is 0 Å². The Kier molecular flexibility index (Phi) is 17.6. The Bertz CT molecular complexity index is 1190. The van der Waals surface area contributed by atoms with Crippen LogP contribution < -0.4 is 0 Å². The molecule has 48 heavy (non-hydrogen) atoms. The van der Waals surface area contributed by atoms with Crippen LogP contribution in [-0.2, 0) is 5.41 Å². The lowest BCUT2D eigenvalue weighted by Crippen LogP contribution is -2.26. The fourth-order valence-electron chi connectivity index (χ4n) is 9.45. The van der Waals surface area contributed by atoms with Gasteiger partial charge in [0.25, 0.3) is 0 Å². The second-order valence-corrected chi connectivity index (χ2v) is 19.1. The van der Waals surface area contributed by atoms with E-state index >= 15 is 0 Å². The smallest absolute Gasteiger partial charge is 0.0551 e. The lowest BCUT2D eigenvalue weighted by Gasteiger charge is -2.33. The summed E-state index contributed by atoms with van der Waals surface area (Å²) in [6.07, 6.45) is 39.4. The Morgan fingerprint density at radius 2 is 0.958 bits per heavy atom. The summed E-state index contributed by atoms with van der Waals surface area (Å²) in [5.41, 5.74) is 12.1. The van der Waals surface area contributed by atoms with Crippen LogP contribution in [0.5, 0.6) is 0 Å². The van der Waals surface area contributed by atoms with Crippen molar-refractivity contribution >= 4 is 14.9 Å². The van der Waals surface area contributed by atoms with Gasteiger partial charge in [-0.3, -0.25) is 0 Å². The zero-order valence-electron chi connectivity index (χ0n) is 32.5. The van der Waals surface area contributed by atoms with Crippen molar-refractivity contribution < 1.29 is 0 Å². The monoisotopic (exact) mass is 668 g/mol. The van der Waals surface area contributed by atoms with Crippen LogP contribution >= 0.6 is 0 Å². The highest BCUT2D eigenvalue weighted by Gasteiger charge is 2.43. The van der Waals surface area contributed by atoms with Gasteiger partial charge in [0, 0.05) is 5.41 Å². The molecule has 1 atom stereocenters. The maximum atomic E-state index is 2.69. The van der Waals surface area contributed by atoms with Crippen molar-refractivity contribution in [3.63, 3.8) is 0 Å². The number of hydrogen-bond acceptors (Lipinski definition) is 0. The Hall–Kier alpha value is -1.60. The summed E-state index contributed by atoms with van der Waals surface area (Å²) >= 11 is 0. The van der Waals surface area contributed by atoms with Gasteiger partial charge in [0.1, 0.15) is 0 Å². The molecule has 2 aromatic rings. The number of hydrogen-bond donors (Lipinski definition) is 0. The summed E-state index contributed by atoms with van der Waals surface area (Å²) in [5, 5.41) is 0. The minimum absolute atomic E-state index is 0.198. The van der Waals surface area contributed by atoms with Crippen molar-refractivity contribution in [2.24, 2.45) is 0 Å². The van der Waals surface area contributed by atoms with Crippen molar-refractivity contribution in [2.75, 3.05) is 0 Å². The highest BCUT2D eigenvalue weighted by molar-refractivity contribution is 6.58. The molecule has 1 unspecified atom stereocenters. The van der Waals surface area contributed by atoms with Gasteiger partial charge in [-0.1, -0.05) is 217 Å². The highest BCUT2D eigenvalue weighted by atomic mass is 28.3. The van der Waals surface area contributed by atoms with Gasteiger partial charge in [0.2, 0.25) is 0 Å². The molecular weight excluding hydrogens is 593 g/mol. The van der Waals surface area contributed by atoms with E-state index in [1.165, 1.54) is 167 Å². The van der Waals surface area contributed by atoms with Crippen LogP contribution in [0.3, 0.4) is 0 Å². The predicted molar refractivity (Wildman–Crippen MR) is 218 cm³/mol. The van der Waals surface area contributed by atoms with Crippen LogP contribution in [0.1, 0.15) is 216 Å². The Balaban J connectivity index is 1.37. The Morgan fingerprint density at radius 3 is 1.42 bits per heavy atom. The largest absolute Gasteiger partial charge is 0.0705 e. The lowest BCUT2D eigenvalue weighted by molar-refractivity contribution is 0.396. The summed E-state index contributed by atoms with van der Waals surface area (Å²) in [6.45, 7) is 12.0. The number of allylic oxidation sites excluding steroid dienone is 1. The second kappa shape index (κ2) is 21.6. The van der Waals surface area contributed by atoms with Crippen LogP contribution in [0.25, 0.3) is 17.2 Å². The Labute approximate surface area is 301 Å². The first-order chi connectivity index (χ1) is 23.5. The third-order valence-electron chi connectivity index (χ3n) is 12.1. The van der Waals surface area contributed by atoms with Gasteiger partial charge in [-0.25, -0.2) is 0 Å². The van der Waals surface area contributed by atoms with E-state index in [1.54, 1.807) is 39.0 Å². The zero-order valence-corrected chi connectivity index (χ0v) is 33.5. The number of rotatable bonds is 27. The van der Waals surface area contributed by atoms with E-state index in [4.69, 9.17) is 0 Å². The maximum Gasteiger partial charge on any atom is 0.0551 e. The van der Waals surface area contributed by atoms with Gasteiger partial charge in [-0.15, -0.1) is 0 Å². The zero-order chi connectivity index (χ0) is 34.0. The van der Waals surface area contributed by atoms with Gasteiger partial charge in [-0.05, 0) is 70.8 Å². The molecule has 0 bridgehead atoms. The van der Waals surface area contributed by atoms with Crippen molar-refractivity contribution in [1.29, 1.82) is 0 Å². The molecule has 267 valence electrons. The third-order valence-corrected chi connectivity index (χ3v) is 14.0. The van der Waals surface area contributed by atoms with Crippen LogP contribution in [-0.4, -0.2) is 8.80 Å². The number of unbranched alkanes of at least 4 members (excludes halogenated alkanes) is 22. The summed E-state index contributed by atoms with van der Waals surface area (Å²) in [6, 6.07) is 15.0. The van der Waals surface area contributed by atoms with Crippen LogP contribution in [0.2, 0.25) is 13.1 Å². The normalized spacial score (nSPS) is 16.0. The molecule has 0 aromatic heterocycles. The molecule has 0 aliphatic heterocycles. The first-order valence-corrected chi connectivity index (χ1v) is 23.9. The molecule has 2 aromatic carbocycles. The molecule has 1 heteroatoms. The molecule has 0 spiro atoms. The molecule has 0 saturated heterocycles. The first-order valence-electron chi connectivity index (χ1n) is 21.3. The molecule has 0 saturated carbocycles. The van der Waals surface area contributed by atoms with E-state index in [-0.39, 0.29) is 5.41 Å².